The number of methoxy groups -OCH3 is 2. The standard InChI is InChI=1S/C16H21NO5/c1-16(2)11(12(16)15(19)20)14(18)17-8-9-6-5-7-10(21-3)13(9)22-4/h5-7,11-12H,8H2,1-4H3,(H,17,18)(H,19,20). The smallest absolute Gasteiger partial charge is 0.307 e. The van der Waals surface area contributed by atoms with E-state index in [0.717, 1.165) is 5.56 Å². The molecule has 2 atom stereocenters. The molecule has 1 aromatic rings. The van der Waals surface area contributed by atoms with Crippen LogP contribution in [0.5, 0.6) is 11.5 Å². The van der Waals surface area contributed by atoms with Crippen LogP contribution >= 0.6 is 0 Å². The molecular weight excluding hydrogens is 286 g/mol. The molecule has 1 saturated carbocycles. The SMILES string of the molecule is COc1cccc(CNC(=O)C2C(C(=O)O)C2(C)C)c1OC. The number of amides is 1. The van der Waals surface area contributed by atoms with Crippen molar-refractivity contribution >= 4 is 11.9 Å². The van der Waals surface area contributed by atoms with Crippen LogP contribution in [-0.4, -0.2) is 31.2 Å². The van der Waals surface area contributed by atoms with Crippen molar-refractivity contribution in [2.75, 3.05) is 14.2 Å². The van der Waals surface area contributed by atoms with Gasteiger partial charge in [0.2, 0.25) is 5.91 Å². The minimum atomic E-state index is -0.927. The number of ether oxygens (including phenoxy) is 2. The van der Waals surface area contributed by atoms with Crippen molar-refractivity contribution in [3.63, 3.8) is 0 Å². The van der Waals surface area contributed by atoms with E-state index in [9.17, 15) is 9.59 Å². The number of hydrogen-bond donors (Lipinski definition) is 2. The maximum Gasteiger partial charge on any atom is 0.307 e. The molecule has 0 saturated heterocycles. The quantitative estimate of drug-likeness (QED) is 0.835. The summed E-state index contributed by atoms with van der Waals surface area (Å²) in [6.07, 6.45) is 0. The van der Waals surface area contributed by atoms with E-state index < -0.39 is 23.2 Å². The van der Waals surface area contributed by atoms with Crippen LogP contribution in [0.3, 0.4) is 0 Å². The zero-order chi connectivity index (χ0) is 16.5. The van der Waals surface area contributed by atoms with Crippen molar-refractivity contribution in [3.8, 4) is 11.5 Å². The highest BCUT2D eigenvalue weighted by Crippen LogP contribution is 2.58. The monoisotopic (exact) mass is 307 g/mol. The van der Waals surface area contributed by atoms with E-state index in [2.05, 4.69) is 5.32 Å². The molecule has 0 aliphatic heterocycles. The fourth-order valence-corrected chi connectivity index (χ4v) is 2.97. The lowest BCUT2D eigenvalue weighted by Crippen LogP contribution is -2.27. The van der Waals surface area contributed by atoms with Crippen LogP contribution < -0.4 is 14.8 Å². The third-order valence-electron chi connectivity index (χ3n) is 4.31. The van der Waals surface area contributed by atoms with Crippen molar-refractivity contribution in [2.24, 2.45) is 17.3 Å². The fraction of sp³-hybridized carbons (Fsp3) is 0.500. The molecule has 0 heterocycles. The van der Waals surface area contributed by atoms with Crippen LogP contribution in [0.1, 0.15) is 19.4 Å². The maximum atomic E-state index is 12.2. The zero-order valence-corrected chi connectivity index (χ0v) is 13.2. The summed E-state index contributed by atoms with van der Waals surface area (Å²) in [5, 5.41) is 11.9. The molecule has 1 aromatic carbocycles. The molecule has 6 nitrogen and oxygen atoms in total. The van der Waals surface area contributed by atoms with Crippen LogP contribution in [0.2, 0.25) is 0 Å². The van der Waals surface area contributed by atoms with Gasteiger partial charge in [0.25, 0.3) is 0 Å². The molecule has 1 amide bonds. The molecule has 1 fully saturated rings. The molecule has 1 aliphatic rings. The topological polar surface area (TPSA) is 84.9 Å². The maximum absolute atomic E-state index is 12.2. The van der Waals surface area contributed by atoms with Crippen molar-refractivity contribution in [1.29, 1.82) is 0 Å². The largest absolute Gasteiger partial charge is 0.493 e. The third kappa shape index (κ3) is 2.73. The van der Waals surface area contributed by atoms with E-state index in [1.54, 1.807) is 27.0 Å². The van der Waals surface area contributed by atoms with Gasteiger partial charge in [0, 0.05) is 12.1 Å². The van der Waals surface area contributed by atoms with Crippen molar-refractivity contribution in [2.45, 2.75) is 20.4 Å². The average Bonchev–Trinajstić information content (AvgIpc) is 3.07. The molecule has 1 aliphatic carbocycles. The number of carboxylic acid groups (broad SMARTS) is 1. The number of carboxylic acids is 1. The van der Waals surface area contributed by atoms with E-state index in [-0.39, 0.29) is 12.5 Å². The fourth-order valence-electron chi connectivity index (χ4n) is 2.97. The van der Waals surface area contributed by atoms with Gasteiger partial charge in [-0.1, -0.05) is 26.0 Å². The molecule has 2 rings (SSSR count). The van der Waals surface area contributed by atoms with E-state index in [1.807, 2.05) is 12.1 Å². The molecule has 2 N–H and O–H groups in total. The Morgan fingerprint density at radius 3 is 2.41 bits per heavy atom. The van der Waals surface area contributed by atoms with Gasteiger partial charge in [0.1, 0.15) is 0 Å². The second-order valence-electron chi connectivity index (χ2n) is 5.99. The lowest BCUT2D eigenvalue weighted by molar-refractivity contribution is -0.140. The van der Waals surface area contributed by atoms with Crippen LogP contribution in [0, 0.1) is 17.3 Å². The summed E-state index contributed by atoms with van der Waals surface area (Å²) in [5.74, 6) is -1.15. The Hall–Kier alpha value is -2.24. The summed E-state index contributed by atoms with van der Waals surface area (Å²) in [4.78, 5) is 23.4. The first-order valence-corrected chi connectivity index (χ1v) is 7.05. The van der Waals surface area contributed by atoms with Crippen molar-refractivity contribution in [3.05, 3.63) is 23.8 Å². The van der Waals surface area contributed by atoms with Gasteiger partial charge in [0.15, 0.2) is 11.5 Å². The van der Waals surface area contributed by atoms with Gasteiger partial charge >= 0.3 is 5.97 Å². The van der Waals surface area contributed by atoms with Crippen molar-refractivity contribution < 1.29 is 24.2 Å². The average molecular weight is 307 g/mol. The summed E-state index contributed by atoms with van der Waals surface area (Å²) in [5.41, 5.74) is 0.273. The predicted molar refractivity (Wildman–Crippen MR) is 79.8 cm³/mol. The van der Waals surface area contributed by atoms with Crippen LogP contribution in [0.25, 0.3) is 0 Å². The van der Waals surface area contributed by atoms with Gasteiger partial charge in [-0.05, 0) is 11.5 Å². The molecule has 22 heavy (non-hydrogen) atoms. The summed E-state index contributed by atoms with van der Waals surface area (Å²) >= 11 is 0. The Balaban J connectivity index is 2.05. The Bertz CT molecular complexity index is 596. The minimum absolute atomic E-state index is 0.248. The van der Waals surface area contributed by atoms with Gasteiger partial charge < -0.3 is 19.9 Å². The van der Waals surface area contributed by atoms with E-state index >= 15 is 0 Å². The number of para-hydroxylation sites is 1. The first-order chi connectivity index (χ1) is 10.3. The van der Waals surface area contributed by atoms with Gasteiger partial charge in [-0.3, -0.25) is 9.59 Å². The highest BCUT2D eigenvalue weighted by molar-refractivity contribution is 5.91. The number of benzene rings is 1. The van der Waals surface area contributed by atoms with Gasteiger partial charge in [-0.25, -0.2) is 0 Å². The number of nitrogens with one attached hydrogen (secondary N) is 1. The lowest BCUT2D eigenvalue weighted by atomic mass is 10.1. The highest BCUT2D eigenvalue weighted by Gasteiger charge is 2.65. The van der Waals surface area contributed by atoms with E-state index in [4.69, 9.17) is 14.6 Å². The third-order valence-corrected chi connectivity index (χ3v) is 4.31. The number of rotatable bonds is 6. The number of carbonyl (C=O) groups excluding carboxylic acids is 1. The van der Waals surface area contributed by atoms with Gasteiger partial charge in [-0.15, -0.1) is 0 Å². The summed E-state index contributed by atoms with van der Waals surface area (Å²) in [6, 6.07) is 5.41. The summed E-state index contributed by atoms with van der Waals surface area (Å²) in [7, 11) is 3.08. The molecule has 6 heteroatoms. The van der Waals surface area contributed by atoms with Crippen LogP contribution in [0.4, 0.5) is 0 Å². The minimum Gasteiger partial charge on any atom is -0.493 e. The first kappa shape index (κ1) is 16.1. The Labute approximate surface area is 129 Å². The Morgan fingerprint density at radius 1 is 1.23 bits per heavy atom. The summed E-state index contributed by atoms with van der Waals surface area (Å²) < 4.78 is 10.5. The Morgan fingerprint density at radius 2 is 1.91 bits per heavy atom. The molecule has 120 valence electrons. The van der Waals surface area contributed by atoms with Gasteiger partial charge in [-0.2, -0.15) is 0 Å². The normalized spacial score (nSPS) is 21.8. The molecule has 0 aromatic heterocycles. The lowest BCUT2D eigenvalue weighted by Gasteiger charge is -2.13. The predicted octanol–water partition coefficient (Wildman–Crippen LogP) is 1.68. The number of carbonyl (C=O) groups is 2. The van der Waals surface area contributed by atoms with Crippen molar-refractivity contribution in [1.82, 2.24) is 5.32 Å². The highest BCUT2D eigenvalue weighted by atomic mass is 16.5. The van der Waals surface area contributed by atoms with E-state index in [0.29, 0.717) is 11.5 Å². The molecule has 0 spiro atoms. The summed E-state index contributed by atoms with van der Waals surface area (Å²) in [6.45, 7) is 3.85. The number of aliphatic carboxylic acids is 1. The van der Waals surface area contributed by atoms with Gasteiger partial charge in [0.05, 0.1) is 26.1 Å². The first-order valence-electron chi connectivity index (χ1n) is 7.05. The zero-order valence-electron chi connectivity index (χ0n) is 13.2. The van der Waals surface area contributed by atoms with Crippen LogP contribution in [-0.2, 0) is 16.1 Å². The molecule has 0 bridgehead atoms. The molecule has 0 radical (unpaired) electrons. The second-order valence-corrected chi connectivity index (χ2v) is 5.99. The second kappa shape index (κ2) is 5.87. The molecular formula is C16H21NO5. The van der Waals surface area contributed by atoms with Crippen LogP contribution in [0.15, 0.2) is 18.2 Å². The number of hydrogen-bond acceptors (Lipinski definition) is 4. The Kier molecular flexibility index (Phi) is 4.30. The van der Waals surface area contributed by atoms with E-state index in [1.165, 1.54) is 7.11 Å². The molecule has 2 unspecified atom stereocenters.